The Bertz CT molecular complexity index is 847. The van der Waals surface area contributed by atoms with Gasteiger partial charge in [-0.2, -0.15) is 0 Å². The van der Waals surface area contributed by atoms with Gasteiger partial charge in [-0.25, -0.2) is 4.79 Å². The van der Waals surface area contributed by atoms with Gasteiger partial charge in [0.2, 0.25) is 0 Å². The summed E-state index contributed by atoms with van der Waals surface area (Å²) in [6, 6.07) is 17.8. The maximum atomic E-state index is 11.9. The largest absolute Gasteiger partial charge is 0.461 e. The van der Waals surface area contributed by atoms with Gasteiger partial charge in [0.1, 0.15) is 6.61 Å². The van der Waals surface area contributed by atoms with Gasteiger partial charge in [-0.05, 0) is 54.1 Å². The lowest BCUT2D eigenvalue weighted by Crippen LogP contribution is -2.28. The predicted molar refractivity (Wildman–Crippen MR) is 111 cm³/mol. The molecule has 4 nitrogen and oxygen atoms in total. The predicted octanol–water partition coefficient (Wildman–Crippen LogP) is 4.25. The fourth-order valence-corrected chi connectivity index (χ4v) is 3.52. The number of fused-ring (bicyclic) bond motifs is 1. The van der Waals surface area contributed by atoms with E-state index >= 15 is 0 Å². The van der Waals surface area contributed by atoms with E-state index in [2.05, 4.69) is 34.5 Å². The SMILES string of the molecule is CN(CCOCCc1ccc2sccc2c1)CCOC(=O)c1ccccc1. The summed E-state index contributed by atoms with van der Waals surface area (Å²) < 4.78 is 12.4. The van der Waals surface area contributed by atoms with E-state index in [1.54, 1.807) is 23.5 Å². The third-order valence-corrected chi connectivity index (χ3v) is 5.28. The van der Waals surface area contributed by atoms with Crippen molar-refractivity contribution in [1.29, 1.82) is 0 Å². The van der Waals surface area contributed by atoms with E-state index in [1.807, 2.05) is 25.2 Å². The number of benzene rings is 2. The molecular formula is C22H25NO3S. The topological polar surface area (TPSA) is 38.8 Å². The summed E-state index contributed by atoms with van der Waals surface area (Å²) in [5.74, 6) is -0.275. The van der Waals surface area contributed by atoms with Crippen LogP contribution in [0, 0.1) is 0 Å². The van der Waals surface area contributed by atoms with Crippen LogP contribution in [0.4, 0.5) is 0 Å². The summed E-state index contributed by atoms with van der Waals surface area (Å²) >= 11 is 1.77. The van der Waals surface area contributed by atoms with Crippen LogP contribution in [-0.2, 0) is 15.9 Å². The minimum Gasteiger partial charge on any atom is -0.461 e. The summed E-state index contributed by atoms with van der Waals surface area (Å²) in [6.45, 7) is 3.27. The quantitative estimate of drug-likeness (QED) is 0.388. The molecule has 5 heteroatoms. The second-order valence-electron chi connectivity index (χ2n) is 6.46. The van der Waals surface area contributed by atoms with Crippen LogP contribution in [0.15, 0.2) is 60.0 Å². The average molecular weight is 384 g/mol. The van der Waals surface area contributed by atoms with Gasteiger partial charge < -0.3 is 14.4 Å². The number of thiophene rings is 1. The van der Waals surface area contributed by atoms with Crippen molar-refractivity contribution in [2.45, 2.75) is 6.42 Å². The number of likely N-dealkylation sites (N-methyl/N-ethyl adjacent to an activating group) is 1. The molecule has 0 bridgehead atoms. The number of rotatable bonds is 10. The first-order valence-electron chi connectivity index (χ1n) is 9.17. The van der Waals surface area contributed by atoms with E-state index in [0.29, 0.717) is 31.9 Å². The number of hydrogen-bond donors (Lipinski definition) is 0. The smallest absolute Gasteiger partial charge is 0.338 e. The first-order valence-corrected chi connectivity index (χ1v) is 10.0. The molecule has 2 aromatic carbocycles. The van der Waals surface area contributed by atoms with Crippen molar-refractivity contribution >= 4 is 27.4 Å². The lowest BCUT2D eigenvalue weighted by molar-refractivity contribution is 0.0454. The molecule has 27 heavy (non-hydrogen) atoms. The van der Waals surface area contributed by atoms with Crippen molar-refractivity contribution in [3.63, 3.8) is 0 Å². The zero-order chi connectivity index (χ0) is 18.9. The highest BCUT2D eigenvalue weighted by Crippen LogP contribution is 2.21. The summed E-state index contributed by atoms with van der Waals surface area (Å²) in [5, 5.41) is 3.43. The van der Waals surface area contributed by atoms with E-state index in [-0.39, 0.29) is 5.97 Å². The minimum absolute atomic E-state index is 0.275. The molecular weight excluding hydrogens is 358 g/mol. The number of ether oxygens (including phenoxy) is 2. The Morgan fingerprint density at radius 1 is 1.00 bits per heavy atom. The molecule has 142 valence electrons. The number of carbonyl (C=O) groups is 1. The molecule has 0 aliphatic heterocycles. The van der Waals surface area contributed by atoms with Crippen molar-refractivity contribution < 1.29 is 14.3 Å². The van der Waals surface area contributed by atoms with Gasteiger partial charge in [-0.3, -0.25) is 0 Å². The lowest BCUT2D eigenvalue weighted by Gasteiger charge is -2.16. The Kier molecular flexibility index (Phi) is 7.39. The van der Waals surface area contributed by atoms with Crippen molar-refractivity contribution in [3.05, 3.63) is 71.1 Å². The Morgan fingerprint density at radius 3 is 2.67 bits per heavy atom. The maximum Gasteiger partial charge on any atom is 0.338 e. The molecule has 0 aliphatic rings. The summed E-state index contributed by atoms with van der Waals surface area (Å²) in [6.07, 6.45) is 0.921. The van der Waals surface area contributed by atoms with E-state index in [0.717, 1.165) is 13.0 Å². The molecule has 0 spiro atoms. The zero-order valence-corrected chi connectivity index (χ0v) is 16.4. The average Bonchev–Trinajstić information content (AvgIpc) is 3.16. The highest BCUT2D eigenvalue weighted by Gasteiger charge is 2.06. The van der Waals surface area contributed by atoms with E-state index in [1.165, 1.54) is 15.6 Å². The van der Waals surface area contributed by atoms with Crippen LogP contribution in [0.25, 0.3) is 10.1 Å². The van der Waals surface area contributed by atoms with Crippen LogP contribution in [0.5, 0.6) is 0 Å². The third-order valence-electron chi connectivity index (χ3n) is 4.38. The second kappa shape index (κ2) is 10.2. The molecule has 1 aromatic heterocycles. The number of esters is 1. The summed E-state index contributed by atoms with van der Waals surface area (Å²) in [7, 11) is 2.00. The van der Waals surface area contributed by atoms with Crippen molar-refractivity contribution in [1.82, 2.24) is 4.90 Å². The fraction of sp³-hybridized carbons (Fsp3) is 0.318. The van der Waals surface area contributed by atoms with Crippen LogP contribution in [0.3, 0.4) is 0 Å². The molecule has 0 fully saturated rings. The monoisotopic (exact) mass is 383 g/mol. The third kappa shape index (κ3) is 6.17. The number of nitrogens with zero attached hydrogens (tertiary/aromatic N) is 1. The maximum absolute atomic E-state index is 11.9. The zero-order valence-electron chi connectivity index (χ0n) is 15.6. The van der Waals surface area contributed by atoms with Gasteiger partial charge in [0.25, 0.3) is 0 Å². The fourth-order valence-electron chi connectivity index (χ4n) is 2.75. The molecule has 0 unspecified atom stereocenters. The van der Waals surface area contributed by atoms with Crippen LogP contribution in [0.2, 0.25) is 0 Å². The van der Waals surface area contributed by atoms with Crippen LogP contribution in [-0.4, -0.2) is 50.8 Å². The van der Waals surface area contributed by atoms with Crippen molar-refractivity contribution in [2.75, 3.05) is 40.0 Å². The minimum atomic E-state index is -0.275. The van der Waals surface area contributed by atoms with E-state index < -0.39 is 0 Å². The highest BCUT2D eigenvalue weighted by molar-refractivity contribution is 7.17. The van der Waals surface area contributed by atoms with Crippen LogP contribution >= 0.6 is 11.3 Å². The summed E-state index contributed by atoms with van der Waals surface area (Å²) in [4.78, 5) is 14.0. The van der Waals surface area contributed by atoms with Gasteiger partial charge in [-0.1, -0.05) is 30.3 Å². The molecule has 3 aromatic rings. The Balaban J connectivity index is 1.26. The number of carbonyl (C=O) groups excluding carboxylic acids is 1. The molecule has 0 radical (unpaired) electrons. The van der Waals surface area contributed by atoms with Gasteiger partial charge in [0.15, 0.2) is 0 Å². The molecule has 0 amide bonds. The molecule has 1 heterocycles. The first kappa shape index (κ1) is 19.5. The molecule has 0 atom stereocenters. The standard InChI is InChI=1S/C22H25NO3S/c1-23(12-15-26-22(24)19-5-3-2-4-6-19)11-14-25-13-9-18-7-8-21-20(17-18)10-16-27-21/h2-8,10,16-17H,9,11-15H2,1H3. The Morgan fingerprint density at radius 2 is 1.81 bits per heavy atom. The molecule has 3 rings (SSSR count). The van der Waals surface area contributed by atoms with Gasteiger partial charge in [0, 0.05) is 17.8 Å². The lowest BCUT2D eigenvalue weighted by atomic mass is 10.1. The molecule has 0 saturated heterocycles. The number of hydrogen-bond acceptors (Lipinski definition) is 5. The summed E-state index contributed by atoms with van der Waals surface area (Å²) in [5.41, 5.74) is 1.89. The molecule has 0 N–H and O–H groups in total. The Hall–Kier alpha value is -2.21. The second-order valence-corrected chi connectivity index (χ2v) is 7.41. The van der Waals surface area contributed by atoms with Gasteiger partial charge in [-0.15, -0.1) is 11.3 Å². The van der Waals surface area contributed by atoms with Gasteiger partial charge >= 0.3 is 5.97 Å². The molecule has 0 saturated carbocycles. The van der Waals surface area contributed by atoms with Crippen LogP contribution in [0.1, 0.15) is 15.9 Å². The van der Waals surface area contributed by atoms with E-state index in [4.69, 9.17) is 9.47 Å². The normalized spacial score (nSPS) is 11.2. The molecule has 0 aliphatic carbocycles. The Labute approximate surface area is 164 Å². The van der Waals surface area contributed by atoms with Crippen molar-refractivity contribution in [2.24, 2.45) is 0 Å². The van der Waals surface area contributed by atoms with E-state index in [9.17, 15) is 4.79 Å². The first-order chi connectivity index (χ1) is 13.2. The highest BCUT2D eigenvalue weighted by atomic mass is 32.1. The van der Waals surface area contributed by atoms with Crippen LogP contribution < -0.4 is 0 Å². The van der Waals surface area contributed by atoms with Crippen molar-refractivity contribution in [3.8, 4) is 0 Å². The van der Waals surface area contributed by atoms with Gasteiger partial charge in [0.05, 0.1) is 18.8 Å².